The van der Waals surface area contributed by atoms with E-state index in [-0.39, 0.29) is 12.4 Å². The molecule has 2 saturated carbocycles. The van der Waals surface area contributed by atoms with Crippen LogP contribution < -0.4 is 10.6 Å². The molecule has 2 bridgehead atoms. The molecular formula is C24H33ClN4S2. The van der Waals surface area contributed by atoms with E-state index in [9.17, 15) is 0 Å². The van der Waals surface area contributed by atoms with Crippen molar-refractivity contribution >= 4 is 56.4 Å². The molecule has 2 N–H and O–H groups in total. The van der Waals surface area contributed by atoms with Crippen LogP contribution >= 0.6 is 36.0 Å². The normalized spacial score (nSPS) is 29.6. The largest absolute Gasteiger partial charge is 0.363 e. The van der Waals surface area contributed by atoms with Crippen LogP contribution in [-0.4, -0.2) is 40.7 Å². The summed E-state index contributed by atoms with van der Waals surface area (Å²) >= 11 is 7.11. The summed E-state index contributed by atoms with van der Waals surface area (Å²) in [5.74, 6) is 1.84. The number of fused-ring (bicyclic) bond motifs is 2. The molecule has 2 heterocycles. The molecule has 1 aliphatic heterocycles. The molecule has 3 aliphatic carbocycles. The standard InChI is InChI=1S/C24H32N4S2.ClH/c1-2-25-22(29)27-23-26-19-13-18-16(12-21(19)30-23)11-20-17-5-3-4-8-24(17,18)9-10-28(20)14-15-6-7-15;/h12-13,15,17,20H,2-11,14H2,1H3,(H2,25,26,27,29);1H/t17-,20+,24+;/m0./s1. The number of thiazole rings is 1. The molecule has 0 spiro atoms. The predicted octanol–water partition coefficient (Wildman–Crippen LogP) is 5.49. The van der Waals surface area contributed by atoms with Crippen molar-refractivity contribution in [3.63, 3.8) is 0 Å². The maximum atomic E-state index is 5.37. The molecule has 0 unspecified atom stereocenters. The monoisotopic (exact) mass is 476 g/mol. The second-order valence-electron chi connectivity index (χ2n) is 9.95. The SMILES string of the molecule is CCNC(=S)Nc1nc2cc3c(cc2s1)C[C@@H]1[C@@H]2CCCC[C@]32CCN1CC1CC1.Cl. The highest BCUT2D eigenvalue weighted by Gasteiger charge is 2.54. The van der Waals surface area contributed by atoms with Crippen LogP contribution in [0.1, 0.15) is 63.0 Å². The Bertz CT molecular complexity index is 987. The number of hydrogen-bond donors (Lipinski definition) is 2. The first kappa shape index (κ1) is 21.9. The Morgan fingerprint density at radius 3 is 2.94 bits per heavy atom. The maximum Gasteiger partial charge on any atom is 0.190 e. The summed E-state index contributed by atoms with van der Waals surface area (Å²) < 4.78 is 1.30. The minimum Gasteiger partial charge on any atom is -0.363 e. The van der Waals surface area contributed by atoms with Gasteiger partial charge in [-0.15, -0.1) is 12.4 Å². The second kappa shape index (κ2) is 8.44. The van der Waals surface area contributed by atoms with Crippen molar-refractivity contribution in [2.24, 2.45) is 11.8 Å². The lowest BCUT2D eigenvalue weighted by molar-refractivity contribution is -0.0132. The summed E-state index contributed by atoms with van der Waals surface area (Å²) in [5, 5.41) is 8.02. The third kappa shape index (κ3) is 3.77. The summed E-state index contributed by atoms with van der Waals surface area (Å²) in [6, 6.07) is 5.70. The lowest BCUT2D eigenvalue weighted by Gasteiger charge is -2.59. The first-order chi connectivity index (χ1) is 14.7. The fourth-order valence-electron chi connectivity index (χ4n) is 6.73. The molecule has 6 rings (SSSR count). The van der Waals surface area contributed by atoms with E-state index in [0.717, 1.165) is 35.1 Å². The van der Waals surface area contributed by atoms with Crippen LogP contribution in [0.5, 0.6) is 0 Å². The lowest BCUT2D eigenvalue weighted by Crippen LogP contribution is -2.61. The Hall–Kier alpha value is -0.950. The van der Waals surface area contributed by atoms with Crippen LogP contribution in [0.4, 0.5) is 5.13 Å². The molecule has 0 amide bonds. The Morgan fingerprint density at radius 2 is 2.13 bits per heavy atom. The first-order valence-electron chi connectivity index (χ1n) is 11.9. The number of halogens is 1. The third-order valence-corrected chi connectivity index (χ3v) is 9.38. The topological polar surface area (TPSA) is 40.2 Å². The molecular weight excluding hydrogens is 444 g/mol. The number of benzene rings is 1. The van der Waals surface area contributed by atoms with E-state index >= 15 is 0 Å². The molecule has 7 heteroatoms. The maximum absolute atomic E-state index is 5.37. The number of nitrogens with one attached hydrogen (secondary N) is 2. The molecule has 4 nitrogen and oxygen atoms in total. The minimum absolute atomic E-state index is 0. The van der Waals surface area contributed by atoms with Gasteiger partial charge in [-0.3, -0.25) is 4.90 Å². The number of hydrogen-bond acceptors (Lipinski definition) is 4. The second-order valence-corrected chi connectivity index (χ2v) is 11.4. The summed E-state index contributed by atoms with van der Waals surface area (Å²) in [6.07, 6.45) is 11.1. The highest BCUT2D eigenvalue weighted by atomic mass is 35.5. The van der Waals surface area contributed by atoms with Crippen LogP contribution in [0.25, 0.3) is 10.2 Å². The van der Waals surface area contributed by atoms with Crippen molar-refractivity contribution in [3.05, 3.63) is 23.3 Å². The van der Waals surface area contributed by atoms with E-state index in [1.54, 1.807) is 22.5 Å². The molecule has 1 aromatic carbocycles. The molecule has 4 aliphatic rings. The van der Waals surface area contributed by atoms with Gasteiger partial charge in [-0.25, -0.2) is 4.98 Å². The molecule has 3 atom stereocenters. The lowest BCUT2D eigenvalue weighted by atomic mass is 9.52. The van der Waals surface area contributed by atoms with Crippen molar-refractivity contribution in [1.29, 1.82) is 0 Å². The molecule has 2 aromatic rings. The van der Waals surface area contributed by atoms with E-state index in [1.165, 1.54) is 69.2 Å². The molecule has 1 aromatic heterocycles. The van der Waals surface area contributed by atoms with Gasteiger partial charge in [0.25, 0.3) is 0 Å². The fraction of sp³-hybridized carbons (Fsp3) is 0.667. The highest BCUT2D eigenvalue weighted by molar-refractivity contribution is 7.80. The number of aromatic nitrogens is 1. The van der Waals surface area contributed by atoms with Gasteiger partial charge in [-0.1, -0.05) is 24.2 Å². The van der Waals surface area contributed by atoms with Gasteiger partial charge in [-0.2, -0.15) is 0 Å². The highest BCUT2D eigenvalue weighted by Crippen LogP contribution is 2.56. The zero-order chi connectivity index (χ0) is 20.3. The average molecular weight is 477 g/mol. The molecule has 168 valence electrons. The van der Waals surface area contributed by atoms with Crippen LogP contribution in [0.15, 0.2) is 12.1 Å². The summed E-state index contributed by atoms with van der Waals surface area (Å²) in [5.41, 5.74) is 4.81. The number of anilines is 1. The van der Waals surface area contributed by atoms with E-state index in [0.29, 0.717) is 10.5 Å². The Labute approximate surface area is 201 Å². The Kier molecular flexibility index (Phi) is 5.95. The van der Waals surface area contributed by atoms with Crippen molar-refractivity contribution in [3.8, 4) is 0 Å². The van der Waals surface area contributed by atoms with Crippen molar-refractivity contribution < 1.29 is 0 Å². The summed E-state index contributed by atoms with van der Waals surface area (Å²) in [7, 11) is 0. The van der Waals surface area contributed by atoms with Crippen LogP contribution in [0.3, 0.4) is 0 Å². The zero-order valence-electron chi connectivity index (χ0n) is 18.3. The average Bonchev–Trinajstić information content (AvgIpc) is 3.47. The molecule has 3 fully saturated rings. The van der Waals surface area contributed by atoms with Gasteiger partial charge in [-0.05, 0) is 99.3 Å². The quantitative estimate of drug-likeness (QED) is 0.570. The van der Waals surface area contributed by atoms with Gasteiger partial charge in [0.15, 0.2) is 10.2 Å². The molecule has 0 radical (unpaired) electrons. The summed E-state index contributed by atoms with van der Waals surface area (Å²) in [6.45, 7) is 5.54. The molecule has 31 heavy (non-hydrogen) atoms. The van der Waals surface area contributed by atoms with E-state index < -0.39 is 0 Å². The number of likely N-dealkylation sites (tertiary alicyclic amines) is 1. The van der Waals surface area contributed by atoms with Gasteiger partial charge in [0.2, 0.25) is 0 Å². The van der Waals surface area contributed by atoms with Gasteiger partial charge in [0.05, 0.1) is 10.2 Å². The van der Waals surface area contributed by atoms with E-state index in [2.05, 4.69) is 34.6 Å². The van der Waals surface area contributed by atoms with E-state index in [4.69, 9.17) is 17.2 Å². The summed E-state index contributed by atoms with van der Waals surface area (Å²) in [4.78, 5) is 7.81. The number of nitrogens with zero attached hydrogens (tertiary/aromatic N) is 2. The zero-order valence-corrected chi connectivity index (χ0v) is 20.7. The predicted molar refractivity (Wildman–Crippen MR) is 137 cm³/mol. The third-order valence-electron chi connectivity index (χ3n) is 8.20. The van der Waals surface area contributed by atoms with Crippen LogP contribution in [0.2, 0.25) is 0 Å². The van der Waals surface area contributed by atoms with Crippen LogP contribution in [0, 0.1) is 11.8 Å². The minimum atomic E-state index is 0. The molecule has 1 saturated heterocycles. The van der Waals surface area contributed by atoms with E-state index in [1.807, 2.05) is 0 Å². The van der Waals surface area contributed by atoms with Crippen molar-refractivity contribution in [2.45, 2.75) is 69.7 Å². The first-order valence-corrected chi connectivity index (χ1v) is 13.1. The number of piperidine rings is 1. The number of rotatable bonds is 4. The van der Waals surface area contributed by atoms with Gasteiger partial charge >= 0.3 is 0 Å². The fourth-order valence-corrected chi connectivity index (χ4v) is 7.95. The van der Waals surface area contributed by atoms with Gasteiger partial charge < -0.3 is 10.6 Å². The van der Waals surface area contributed by atoms with Crippen molar-refractivity contribution in [2.75, 3.05) is 25.0 Å². The smallest absolute Gasteiger partial charge is 0.190 e. The van der Waals surface area contributed by atoms with Crippen molar-refractivity contribution in [1.82, 2.24) is 15.2 Å². The Morgan fingerprint density at radius 1 is 1.26 bits per heavy atom. The number of thiocarbonyl (C=S) groups is 1. The van der Waals surface area contributed by atoms with Gasteiger partial charge in [0, 0.05) is 24.5 Å². The van der Waals surface area contributed by atoms with Crippen LogP contribution in [-0.2, 0) is 11.8 Å². The Balaban J connectivity index is 0.00000204. The van der Waals surface area contributed by atoms with Gasteiger partial charge in [0.1, 0.15) is 0 Å².